The van der Waals surface area contributed by atoms with Crippen molar-refractivity contribution in [2.75, 3.05) is 25.1 Å². The van der Waals surface area contributed by atoms with Gasteiger partial charge in [-0.15, -0.1) is 0 Å². The van der Waals surface area contributed by atoms with Crippen LogP contribution in [0.25, 0.3) is 0 Å². The van der Waals surface area contributed by atoms with E-state index in [1.807, 2.05) is 0 Å². The number of rotatable bonds is 10. The first kappa shape index (κ1) is 17.8. The lowest BCUT2D eigenvalue weighted by Crippen LogP contribution is -2.25. The number of anilines is 1. The average Bonchev–Trinajstić information content (AvgIpc) is 2.50. The monoisotopic (exact) mass is 310 g/mol. The number of nitriles is 1. The maximum atomic E-state index is 9.83. The van der Waals surface area contributed by atoms with E-state index in [1.165, 1.54) is 19.3 Å². The molecule has 0 aliphatic carbocycles. The molecule has 1 aromatic carbocycles. The molecule has 1 atom stereocenters. The zero-order valence-electron chi connectivity index (χ0n) is 12.4. The van der Waals surface area contributed by atoms with Crippen molar-refractivity contribution in [1.82, 2.24) is 0 Å². The lowest BCUT2D eigenvalue weighted by molar-refractivity contribution is 0.0417. The Morgan fingerprint density at radius 1 is 1.38 bits per heavy atom. The molecule has 0 saturated carbocycles. The van der Waals surface area contributed by atoms with E-state index in [0.29, 0.717) is 36.0 Å². The number of ether oxygens (including phenoxy) is 1. The normalized spacial score (nSPS) is 11.9. The van der Waals surface area contributed by atoms with Gasteiger partial charge in [-0.2, -0.15) is 5.26 Å². The Morgan fingerprint density at radius 3 is 2.90 bits per heavy atom. The molecular formula is C16H23ClN2O2. The van der Waals surface area contributed by atoms with E-state index in [4.69, 9.17) is 21.6 Å². The van der Waals surface area contributed by atoms with E-state index >= 15 is 0 Å². The number of halogens is 1. The summed E-state index contributed by atoms with van der Waals surface area (Å²) in [6, 6.07) is 7.04. The SMILES string of the molecule is CCCCCCOCC(O)CNc1cc(C#N)ccc1Cl. The van der Waals surface area contributed by atoms with Gasteiger partial charge in [0, 0.05) is 13.2 Å². The zero-order chi connectivity index (χ0) is 15.5. The van der Waals surface area contributed by atoms with Crippen molar-refractivity contribution in [1.29, 1.82) is 5.26 Å². The highest BCUT2D eigenvalue weighted by Crippen LogP contribution is 2.22. The molecule has 0 aromatic heterocycles. The Morgan fingerprint density at radius 2 is 2.19 bits per heavy atom. The molecule has 0 spiro atoms. The van der Waals surface area contributed by atoms with Crippen LogP contribution < -0.4 is 5.32 Å². The van der Waals surface area contributed by atoms with Crippen molar-refractivity contribution in [2.45, 2.75) is 38.7 Å². The smallest absolute Gasteiger partial charge is 0.0992 e. The third kappa shape index (κ3) is 7.33. The Hall–Kier alpha value is -1.28. The number of hydrogen-bond acceptors (Lipinski definition) is 4. The summed E-state index contributed by atoms with van der Waals surface area (Å²) < 4.78 is 5.43. The lowest BCUT2D eigenvalue weighted by atomic mass is 10.2. The van der Waals surface area contributed by atoms with Crippen molar-refractivity contribution < 1.29 is 9.84 Å². The van der Waals surface area contributed by atoms with Crippen LogP contribution in [-0.2, 0) is 4.74 Å². The first-order valence-corrected chi connectivity index (χ1v) is 7.74. The molecular weight excluding hydrogens is 288 g/mol. The molecule has 2 N–H and O–H groups in total. The molecule has 1 rings (SSSR count). The van der Waals surface area contributed by atoms with Crippen LogP contribution in [0.3, 0.4) is 0 Å². The van der Waals surface area contributed by atoms with E-state index in [-0.39, 0.29) is 0 Å². The maximum absolute atomic E-state index is 9.83. The molecule has 0 bridgehead atoms. The molecule has 0 amide bonds. The minimum Gasteiger partial charge on any atom is -0.389 e. The predicted molar refractivity (Wildman–Crippen MR) is 85.6 cm³/mol. The summed E-state index contributed by atoms with van der Waals surface area (Å²) in [6.07, 6.45) is 4.03. The maximum Gasteiger partial charge on any atom is 0.0992 e. The second kappa shape index (κ2) is 10.4. The fourth-order valence-electron chi connectivity index (χ4n) is 1.87. The highest BCUT2D eigenvalue weighted by molar-refractivity contribution is 6.33. The van der Waals surface area contributed by atoms with Crippen molar-refractivity contribution in [2.24, 2.45) is 0 Å². The minimum absolute atomic E-state index is 0.300. The molecule has 0 saturated heterocycles. The topological polar surface area (TPSA) is 65.3 Å². The summed E-state index contributed by atoms with van der Waals surface area (Å²) >= 11 is 6.03. The summed E-state index contributed by atoms with van der Waals surface area (Å²) in [5.74, 6) is 0. The van der Waals surface area contributed by atoms with Gasteiger partial charge in [0.2, 0.25) is 0 Å². The summed E-state index contributed by atoms with van der Waals surface area (Å²) in [5, 5.41) is 22.2. The van der Waals surface area contributed by atoms with Crippen LogP contribution in [0.15, 0.2) is 18.2 Å². The van der Waals surface area contributed by atoms with Gasteiger partial charge in [0.1, 0.15) is 0 Å². The molecule has 116 valence electrons. The largest absolute Gasteiger partial charge is 0.389 e. The summed E-state index contributed by atoms with van der Waals surface area (Å²) in [7, 11) is 0. The third-order valence-electron chi connectivity index (χ3n) is 3.08. The first-order chi connectivity index (χ1) is 10.2. The van der Waals surface area contributed by atoms with Gasteiger partial charge >= 0.3 is 0 Å². The number of nitrogens with one attached hydrogen (secondary N) is 1. The molecule has 0 radical (unpaired) electrons. The number of aliphatic hydroxyl groups is 1. The van der Waals surface area contributed by atoms with Crippen molar-refractivity contribution in [3.05, 3.63) is 28.8 Å². The third-order valence-corrected chi connectivity index (χ3v) is 3.41. The molecule has 4 nitrogen and oxygen atoms in total. The van der Waals surface area contributed by atoms with Crippen LogP contribution in [0.1, 0.15) is 38.2 Å². The number of unbranched alkanes of at least 4 members (excludes halogenated alkanes) is 3. The fourth-order valence-corrected chi connectivity index (χ4v) is 2.05. The van der Waals surface area contributed by atoms with Crippen LogP contribution in [0, 0.1) is 11.3 Å². The van der Waals surface area contributed by atoms with Gasteiger partial charge in [0.15, 0.2) is 0 Å². The minimum atomic E-state index is -0.599. The number of nitrogens with zero attached hydrogens (tertiary/aromatic N) is 1. The molecule has 0 aliphatic rings. The Labute approximate surface area is 131 Å². The summed E-state index contributed by atoms with van der Waals surface area (Å²) in [4.78, 5) is 0. The van der Waals surface area contributed by atoms with Crippen molar-refractivity contribution in [3.8, 4) is 6.07 Å². The van der Waals surface area contributed by atoms with Crippen molar-refractivity contribution >= 4 is 17.3 Å². The highest BCUT2D eigenvalue weighted by atomic mass is 35.5. The van der Waals surface area contributed by atoms with Crippen molar-refractivity contribution in [3.63, 3.8) is 0 Å². The van der Waals surface area contributed by atoms with Crippen LogP contribution in [0.2, 0.25) is 5.02 Å². The zero-order valence-corrected chi connectivity index (χ0v) is 13.2. The van der Waals surface area contributed by atoms with Gasteiger partial charge in [0.25, 0.3) is 0 Å². The van der Waals surface area contributed by atoms with Crippen LogP contribution in [0.5, 0.6) is 0 Å². The Kier molecular flexibility index (Phi) is 8.84. The quantitative estimate of drug-likeness (QED) is 0.648. The van der Waals surface area contributed by atoms with Gasteiger partial charge in [-0.05, 0) is 24.6 Å². The van der Waals surface area contributed by atoms with Gasteiger partial charge in [-0.25, -0.2) is 0 Å². The Bertz CT molecular complexity index is 460. The second-order valence-electron chi connectivity index (χ2n) is 4.98. The van der Waals surface area contributed by atoms with E-state index in [1.54, 1.807) is 18.2 Å². The fraction of sp³-hybridized carbons (Fsp3) is 0.562. The molecule has 5 heteroatoms. The first-order valence-electron chi connectivity index (χ1n) is 7.36. The summed E-state index contributed by atoms with van der Waals surface area (Å²) in [6.45, 7) is 3.49. The highest BCUT2D eigenvalue weighted by Gasteiger charge is 2.07. The molecule has 1 unspecified atom stereocenters. The van der Waals surface area contributed by atoms with Crippen LogP contribution in [-0.4, -0.2) is 31.0 Å². The summed E-state index contributed by atoms with van der Waals surface area (Å²) in [5.41, 5.74) is 1.18. The second-order valence-corrected chi connectivity index (χ2v) is 5.38. The van der Waals surface area contributed by atoms with Crippen LogP contribution >= 0.6 is 11.6 Å². The van der Waals surface area contributed by atoms with Gasteiger partial charge in [-0.1, -0.05) is 37.8 Å². The molecule has 0 fully saturated rings. The standard InChI is InChI=1S/C16H23ClN2O2/c1-2-3-4-5-8-21-12-14(20)11-19-16-9-13(10-18)6-7-15(16)17/h6-7,9,14,19-20H,2-5,8,11-12H2,1H3. The number of benzene rings is 1. The predicted octanol–water partition coefficient (Wildman–Crippen LogP) is 3.58. The molecule has 0 aliphatic heterocycles. The van der Waals surface area contributed by atoms with Gasteiger partial charge in [0.05, 0.1) is 35.1 Å². The molecule has 1 aromatic rings. The number of hydrogen-bond donors (Lipinski definition) is 2. The van der Waals surface area contributed by atoms with E-state index in [9.17, 15) is 5.11 Å². The lowest BCUT2D eigenvalue weighted by Gasteiger charge is -2.14. The van der Waals surface area contributed by atoms with E-state index < -0.39 is 6.10 Å². The van der Waals surface area contributed by atoms with Gasteiger partial charge in [-0.3, -0.25) is 0 Å². The van der Waals surface area contributed by atoms with Crippen LogP contribution in [0.4, 0.5) is 5.69 Å². The van der Waals surface area contributed by atoms with Gasteiger partial charge < -0.3 is 15.2 Å². The van der Waals surface area contributed by atoms with E-state index in [2.05, 4.69) is 18.3 Å². The average molecular weight is 311 g/mol. The molecule has 0 heterocycles. The Balaban J connectivity index is 2.24. The number of aliphatic hydroxyl groups excluding tert-OH is 1. The molecule has 21 heavy (non-hydrogen) atoms. The van der Waals surface area contributed by atoms with E-state index in [0.717, 1.165) is 6.42 Å².